The van der Waals surface area contributed by atoms with Gasteiger partial charge in [-0.2, -0.15) is 0 Å². The Hall–Kier alpha value is -2.51. The average Bonchev–Trinajstić information content (AvgIpc) is 3.11. The molecule has 6 nitrogen and oxygen atoms in total. The van der Waals surface area contributed by atoms with E-state index in [1.54, 1.807) is 6.07 Å². The highest BCUT2D eigenvalue weighted by molar-refractivity contribution is 7.99. The molecule has 0 aliphatic carbocycles. The lowest BCUT2D eigenvalue weighted by atomic mass is 10.2. The van der Waals surface area contributed by atoms with Crippen molar-refractivity contribution < 1.29 is 9.53 Å². The fourth-order valence-corrected chi connectivity index (χ4v) is 3.82. The van der Waals surface area contributed by atoms with Crippen molar-refractivity contribution in [1.82, 2.24) is 14.8 Å². The molecule has 0 aliphatic rings. The van der Waals surface area contributed by atoms with Crippen LogP contribution in [0.3, 0.4) is 0 Å². The Morgan fingerprint density at radius 1 is 1.23 bits per heavy atom. The number of nitrogens with zero attached hydrogens (tertiary/aromatic N) is 3. The van der Waals surface area contributed by atoms with Crippen LogP contribution < -0.4 is 10.1 Å². The zero-order chi connectivity index (χ0) is 21.7. The van der Waals surface area contributed by atoms with Crippen LogP contribution in [0.2, 0.25) is 5.02 Å². The minimum absolute atomic E-state index is 0.129. The maximum absolute atomic E-state index is 12.3. The van der Waals surface area contributed by atoms with Crippen molar-refractivity contribution in [2.75, 3.05) is 11.1 Å². The summed E-state index contributed by atoms with van der Waals surface area (Å²) in [6, 6.07) is 13.5. The van der Waals surface area contributed by atoms with Crippen LogP contribution in [0.15, 0.2) is 47.6 Å². The Labute approximate surface area is 186 Å². The minimum atomic E-state index is -0.271. The van der Waals surface area contributed by atoms with Gasteiger partial charge in [-0.25, -0.2) is 0 Å². The highest BCUT2D eigenvalue weighted by Crippen LogP contribution is 2.25. The van der Waals surface area contributed by atoms with Crippen LogP contribution in [0.5, 0.6) is 5.75 Å². The van der Waals surface area contributed by atoms with Gasteiger partial charge in [0.25, 0.3) is 0 Å². The van der Waals surface area contributed by atoms with Crippen molar-refractivity contribution in [3.63, 3.8) is 0 Å². The number of rotatable bonds is 8. The summed E-state index contributed by atoms with van der Waals surface area (Å²) in [7, 11) is 1.87. The summed E-state index contributed by atoms with van der Waals surface area (Å²) in [5, 5.41) is 12.6. The van der Waals surface area contributed by atoms with Crippen LogP contribution in [0.25, 0.3) is 0 Å². The number of amides is 1. The number of nitrogens with one attached hydrogen (secondary N) is 1. The zero-order valence-electron chi connectivity index (χ0n) is 17.5. The molecule has 1 amide bonds. The van der Waals surface area contributed by atoms with Gasteiger partial charge in [-0.15, -0.1) is 10.2 Å². The third-order valence-corrected chi connectivity index (χ3v) is 6.18. The summed E-state index contributed by atoms with van der Waals surface area (Å²) < 4.78 is 7.85. The molecule has 1 aromatic heterocycles. The van der Waals surface area contributed by atoms with Gasteiger partial charge in [0.2, 0.25) is 5.91 Å². The van der Waals surface area contributed by atoms with E-state index in [4.69, 9.17) is 16.3 Å². The second kappa shape index (κ2) is 10.00. The third kappa shape index (κ3) is 5.34. The van der Waals surface area contributed by atoms with Gasteiger partial charge in [-0.1, -0.05) is 48.5 Å². The van der Waals surface area contributed by atoms with Gasteiger partial charge in [0.05, 0.1) is 5.75 Å². The molecule has 1 atom stereocenters. The number of benzene rings is 2. The Balaban J connectivity index is 1.59. The number of hydrogen-bond donors (Lipinski definition) is 1. The van der Waals surface area contributed by atoms with Crippen molar-refractivity contribution >= 4 is 35.0 Å². The molecular formula is C22H25ClN4O2S. The first-order valence-corrected chi connectivity index (χ1v) is 11.1. The van der Waals surface area contributed by atoms with Crippen LogP contribution in [0.4, 0.5) is 5.69 Å². The Kier molecular flexibility index (Phi) is 7.39. The maximum Gasteiger partial charge on any atom is 0.234 e. The normalized spacial score (nSPS) is 11.9. The van der Waals surface area contributed by atoms with Crippen molar-refractivity contribution in [3.8, 4) is 5.75 Å². The highest BCUT2D eigenvalue weighted by atomic mass is 35.5. The van der Waals surface area contributed by atoms with Crippen LogP contribution in [-0.4, -0.2) is 26.4 Å². The van der Waals surface area contributed by atoms with Gasteiger partial charge in [0, 0.05) is 17.8 Å². The number of ether oxygens (including phenoxy) is 1. The van der Waals surface area contributed by atoms with Gasteiger partial charge < -0.3 is 14.6 Å². The van der Waals surface area contributed by atoms with E-state index in [-0.39, 0.29) is 17.8 Å². The van der Waals surface area contributed by atoms with E-state index in [0.717, 1.165) is 17.7 Å². The minimum Gasteiger partial charge on any atom is -0.483 e. The summed E-state index contributed by atoms with van der Waals surface area (Å²) in [5.74, 6) is 1.57. The van der Waals surface area contributed by atoms with Crippen LogP contribution >= 0.6 is 23.4 Å². The lowest BCUT2D eigenvalue weighted by Gasteiger charge is -2.14. The lowest BCUT2D eigenvalue weighted by Crippen LogP contribution is -2.15. The Bertz CT molecular complexity index is 1020. The van der Waals surface area contributed by atoms with Crippen LogP contribution in [0, 0.1) is 6.92 Å². The predicted octanol–water partition coefficient (Wildman–Crippen LogP) is 5.21. The van der Waals surface area contributed by atoms with Crippen molar-refractivity contribution in [1.29, 1.82) is 0 Å². The molecule has 0 radical (unpaired) electrons. The predicted molar refractivity (Wildman–Crippen MR) is 121 cm³/mol. The fraction of sp³-hybridized carbons (Fsp3) is 0.318. The standard InChI is InChI=1S/C22H25ClN4O2S/c1-5-16-9-11-17(12-10-16)29-15(3)21-25-26-22(27(21)4)30-13-20(28)24-19-8-6-7-18(23)14(19)2/h6-12,15H,5,13H2,1-4H3,(H,24,28). The monoisotopic (exact) mass is 444 g/mol. The van der Waals surface area contributed by atoms with Gasteiger partial charge in [0.1, 0.15) is 5.75 Å². The largest absolute Gasteiger partial charge is 0.483 e. The Morgan fingerprint density at radius 3 is 2.67 bits per heavy atom. The molecule has 0 bridgehead atoms. The first kappa shape index (κ1) is 22.2. The Morgan fingerprint density at radius 2 is 1.97 bits per heavy atom. The topological polar surface area (TPSA) is 69.0 Å². The lowest BCUT2D eigenvalue weighted by molar-refractivity contribution is -0.113. The second-order valence-electron chi connectivity index (χ2n) is 6.91. The SMILES string of the molecule is CCc1ccc(OC(C)c2nnc(SCC(=O)Nc3cccc(Cl)c3C)n2C)cc1. The molecular weight excluding hydrogens is 420 g/mol. The molecule has 3 rings (SSSR count). The molecule has 1 unspecified atom stereocenters. The van der Waals surface area contributed by atoms with Crippen molar-refractivity contribution in [2.45, 2.75) is 38.5 Å². The van der Waals surface area contributed by atoms with Crippen LogP contribution in [0.1, 0.15) is 36.9 Å². The summed E-state index contributed by atoms with van der Waals surface area (Å²) in [6.07, 6.45) is 0.719. The molecule has 0 aliphatic heterocycles. The maximum atomic E-state index is 12.3. The highest BCUT2D eigenvalue weighted by Gasteiger charge is 2.18. The summed E-state index contributed by atoms with van der Waals surface area (Å²) in [4.78, 5) is 12.3. The van der Waals surface area contributed by atoms with Crippen LogP contribution in [-0.2, 0) is 18.3 Å². The van der Waals surface area contributed by atoms with E-state index in [1.165, 1.54) is 17.3 Å². The molecule has 1 heterocycles. The van der Waals surface area contributed by atoms with Gasteiger partial charge in [-0.3, -0.25) is 4.79 Å². The van der Waals surface area contributed by atoms with Crippen molar-refractivity contribution in [2.24, 2.45) is 7.05 Å². The first-order chi connectivity index (χ1) is 14.4. The summed E-state index contributed by atoms with van der Waals surface area (Å²) in [5.41, 5.74) is 2.82. The second-order valence-corrected chi connectivity index (χ2v) is 8.26. The molecule has 0 spiro atoms. The number of anilines is 1. The molecule has 1 N–H and O–H groups in total. The van der Waals surface area contributed by atoms with E-state index >= 15 is 0 Å². The molecule has 30 heavy (non-hydrogen) atoms. The number of aryl methyl sites for hydroxylation is 1. The molecule has 158 valence electrons. The average molecular weight is 445 g/mol. The van der Waals surface area contributed by atoms with Crippen molar-refractivity contribution in [3.05, 3.63) is 64.4 Å². The van der Waals surface area contributed by atoms with E-state index < -0.39 is 0 Å². The number of hydrogen-bond acceptors (Lipinski definition) is 5. The number of carbonyl (C=O) groups excluding carboxylic acids is 1. The molecule has 2 aromatic carbocycles. The fourth-order valence-electron chi connectivity index (χ4n) is 2.93. The number of halogens is 1. The molecule has 0 saturated heterocycles. The summed E-state index contributed by atoms with van der Waals surface area (Å²) in [6.45, 7) is 5.92. The van der Waals surface area contributed by atoms with Gasteiger partial charge in [-0.05, 0) is 55.7 Å². The number of carbonyl (C=O) groups is 1. The third-order valence-electron chi connectivity index (χ3n) is 4.75. The smallest absolute Gasteiger partial charge is 0.234 e. The number of aromatic nitrogens is 3. The molecule has 3 aromatic rings. The molecule has 0 saturated carbocycles. The van der Waals surface area contributed by atoms with E-state index in [2.05, 4.69) is 34.6 Å². The number of thioether (sulfide) groups is 1. The van der Waals surface area contributed by atoms with E-state index in [1.807, 2.05) is 49.7 Å². The molecule has 0 fully saturated rings. The first-order valence-electron chi connectivity index (χ1n) is 9.71. The molecule has 8 heteroatoms. The van der Waals surface area contributed by atoms with E-state index in [0.29, 0.717) is 21.7 Å². The van der Waals surface area contributed by atoms with Gasteiger partial charge >= 0.3 is 0 Å². The van der Waals surface area contributed by atoms with E-state index in [9.17, 15) is 4.79 Å². The zero-order valence-corrected chi connectivity index (χ0v) is 19.0. The summed E-state index contributed by atoms with van der Waals surface area (Å²) >= 11 is 7.43. The quantitative estimate of drug-likeness (QED) is 0.483. The van der Waals surface area contributed by atoms with Gasteiger partial charge in [0.15, 0.2) is 17.1 Å².